The fraction of sp³-hybridized carbons (Fsp3) is 0.273. The van der Waals surface area contributed by atoms with Crippen LogP contribution in [0.2, 0.25) is 0 Å². The van der Waals surface area contributed by atoms with Crippen LogP contribution in [0.4, 0.5) is 4.39 Å². The molecule has 1 saturated heterocycles. The highest BCUT2D eigenvalue weighted by atomic mass is 19.1. The van der Waals surface area contributed by atoms with Crippen LogP contribution < -0.4 is 0 Å². The predicted molar refractivity (Wildman–Crippen MR) is 104 cm³/mol. The Balaban J connectivity index is 1.48. The van der Waals surface area contributed by atoms with Crippen molar-refractivity contribution in [3.63, 3.8) is 0 Å². The van der Waals surface area contributed by atoms with Crippen molar-refractivity contribution in [1.29, 1.82) is 0 Å². The lowest BCUT2D eigenvalue weighted by molar-refractivity contribution is 0.138. The molecule has 132 valence electrons. The summed E-state index contributed by atoms with van der Waals surface area (Å²) in [6.07, 6.45) is 5.74. The van der Waals surface area contributed by atoms with Crippen LogP contribution in [-0.2, 0) is 6.54 Å². The summed E-state index contributed by atoms with van der Waals surface area (Å²) in [6.45, 7) is 2.02. The van der Waals surface area contributed by atoms with E-state index in [0.717, 1.165) is 30.4 Å². The van der Waals surface area contributed by atoms with Crippen molar-refractivity contribution >= 4 is 21.8 Å². The van der Waals surface area contributed by atoms with E-state index >= 15 is 0 Å². The van der Waals surface area contributed by atoms with Crippen LogP contribution in [-0.4, -0.2) is 21.4 Å². The summed E-state index contributed by atoms with van der Waals surface area (Å²) in [5.41, 5.74) is 4.75. The summed E-state index contributed by atoms with van der Waals surface area (Å²) in [5, 5.41) is 2.26. The Morgan fingerprint density at radius 1 is 1.04 bits per heavy atom. The second kappa shape index (κ2) is 6.29. The molecule has 2 aromatic carbocycles. The number of halogens is 1. The molecule has 0 saturated carbocycles. The molecule has 0 spiro atoms. The lowest BCUT2D eigenvalue weighted by Crippen LogP contribution is -2.33. The van der Waals surface area contributed by atoms with Gasteiger partial charge in [0.1, 0.15) is 5.82 Å². The predicted octanol–water partition coefficient (Wildman–Crippen LogP) is 5.52. The molecule has 1 aliphatic rings. The van der Waals surface area contributed by atoms with E-state index in [4.69, 9.17) is 0 Å². The number of piperidine rings is 1. The van der Waals surface area contributed by atoms with Crippen LogP contribution in [0, 0.1) is 5.82 Å². The zero-order valence-electron chi connectivity index (χ0n) is 14.6. The van der Waals surface area contributed by atoms with Gasteiger partial charge in [-0.25, -0.2) is 4.39 Å². The largest absolute Gasteiger partial charge is 0.361 e. The average Bonchev–Trinajstić information content (AvgIpc) is 3.26. The van der Waals surface area contributed by atoms with Gasteiger partial charge in [0.25, 0.3) is 0 Å². The molecule has 2 aromatic heterocycles. The molecule has 1 atom stereocenters. The zero-order valence-corrected chi connectivity index (χ0v) is 14.6. The summed E-state index contributed by atoms with van der Waals surface area (Å²) in [7, 11) is 0. The molecule has 0 bridgehead atoms. The molecule has 1 fully saturated rings. The first kappa shape index (κ1) is 15.6. The van der Waals surface area contributed by atoms with Gasteiger partial charge >= 0.3 is 0 Å². The number of nitrogens with zero attached hydrogens (tertiary/aromatic N) is 1. The van der Waals surface area contributed by atoms with E-state index in [0.29, 0.717) is 6.04 Å². The molecule has 1 aliphatic heterocycles. The number of hydrogen-bond donors (Lipinski definition) is 2. The Hall–Kier alpha value is -2.59. The Labute approximate surface area is 151 Å². The lowest BCUT2D eigenvalue weighted by atomic mass is 9.98. The minimum absolute atomic E-state index is 0.178. The van der Waals surface area contributed by atoms with Gasteiger partial charge in [-0.2, -0.15) is 0 Å². The Morgan fingerprint density at radius 3 is 2.92 bits per heavy atom. The summed E-state index contributed by atoms with van der Waals surface area (Å²) in [5.74, 6) is -0.178. The van der Waals surface area contributed by atoms with Crippen LogP contribution >= 0.6 is 0 Å². The molecule has 4 aromatic rings. The van der Waals surface area contributed by atoms with E-state index in [9.17, 15) is 4.39 Å². The van der Waals surface area contributed by atoms with Crippen LogP contribution in [0.1, 0.15) is 36.6 Å². The number of benzene rings is 2. The maximum absolute atomic E-state index is 13.5. The Morgan fingerprint density at radius 2 is 1.96 bits per heavy atom. The molecule has 4 heteroatoms. The van der Waals surface area contributed by atoms with E-state index in [1.807, 2.05) is 6.07 Å². The van der Waals surface area contributed by atoms with Gasteiger partial charge in [-0.3, -0.25) is 4.90 Å². The van der Waals surface area contributed by atoms with Crippen molar-refractivity contribution in [3.05, 3.63) is 71.8 Å². The summed E-state index contributed by atoms with van der Waals surface area (Å²) < 4.78 is 13.5. The third kappa shape index (κ3) is 2.71. The van der Waals surface area contributed by atoms with Gasteiger partial charge in [-0.15, -0.1) is 0 Å². The molecule has 2 N–H and O–H groups in total. The standard InChI is InChI=1S/C22H22FN3/c23-17-8-9-19-15(11-17)12-21(25-19)22-7-3-4-10-26(22)14-16-13-24-20-6-2-1-5-18(16)20/h1-2,5-6,8-9,11-13,22,24-25H,3-4,7,10,14H2. The molecule has 0 aliphatic carbocycles. The number of fused-ring (bicyclic) bond motifs is 2. The summed E-state index contributed by atoms with van der Waals surface area (Å²) >= 11 is 0. The third-order valence-electron chi connectivity index (χ3n) is 5.62. The zero-order chi connectivity index (χ0) is 17.5. The normalized spacial score (nSPS) is 18.7. The number of rotatable bonds is 3. The quantitative estimate of drug-likeness (QED) is 0.503. The van der Waals surface area contributed by atoms with Gasteiger partial charge < -0.3 is 9.97 Å². The molecule has 5 rings (SSSR count). The minimum atomic E-state index is -0.178. The molecular formula is C22H22FN3. The molecule has 1 unspecified atom stereocenters. The number of para-hydroxylation sites is 1. The van der Waals surface area contributed by atoms with Crippen molar-refractivity contribution in [1.82, 2.24) is 14.9 Å². The Bertz CT molecular complexity index is 1060. The highest BCUT2D eigenvalue weighted by Crippen LogP contribution is 2.34. The van der Waals surface area contributed by atoms with Gasteiger partial charge in [0.15, 0.2) is 0 Å². The number of likely N-dealkylation sites (tertiary alicyclic amines) is 1. The van der Waals surface area contributed by atoms with Gasteiger partial charge in [0.05, 0.1) is 6.04 Å². The monoisotopic (exact) mass is 347 g/mol. The maximum Gasteiger partial charge on any atom is 0.123 e. The number of aromatic amines is 2. The third-order valence-corrected chi connectivity index (χ3v) is 5.62. The first-order chi connectivity index (χ1) is 12.8. The van der Waals surface area contributed by atoms with Crippen molar-refractivity contribution in [2.24, 2.45) is 0 Å². The van der Waals surface area contributed by atoms with Gasteiger partial charge in [0, 0.05) is 40.2 Å². The van der Waals surface area contributed by atoms with Crippen LogP contribution in [0.3, 0.4) is 0 Å². The summed E-state index contributed by atoms with van der Waals surface area (Å²) in [4.78, 5) is 9.46. The van der Waals surface area contributed by atoms with Crippen LogP contribution in [0.15, 0.2) is 54.7 Å². The molecular weight excluding hydrogens is 325 g/mol. The molecule has 26 heavy (non-hydrogen) atoms. The topological polar surface area (TPSA) is 34.8 Å². The summed E-state index contributed by atoms with van der Waals surface area (Å²) in [6, 6.07) is 15.9. The second-order valence-electron chi connectivity index (χ2n) is 7.30. The van der Waals surface area contributed by atoms with Crippen molar-refractivity contribution < 1.29 is 4.39 Å². The molecule has 3 heterocycles. The number of hydrogen-bond acceptors (Lipinski definition) is 1. The number of nitrogens with one attached hydrogen (secondary N) is 2. The maximum atomic E-state index is 13.5. The fourth-order valence-electron chi connectivity index (χ4n) is 4.32. The lowest BCUT2D eigenvalue weighted by Gasteiger charge is -2.35. The van der Waals surface area contributed by atoms with E-state index in [2.05, 4.69) is 51.4 Å². The SMILES string of the molecule is Fc1ccc2[nH]c(C3CCCCN3Cc3c[nH]c4ccccc34)cc2c1. The average molecular weight is 347 g/mol. The van der Waals surface area contributed by atoms with E-state index in [1.165, 1.54) is 41.1 Å². The van der Waals surface area contributed by atoms with Crippen LogP contribution in [0.25, 0.3) is 21.8 Å². The Kier molecular flexibility index (Phi) is 3.79. The fourth-order valence-corrected chi connectivity index (χ4v) is 4.32. The van der Waals surface area contributed by atoms with Gasteiger partial charge in [-0.05, 0) is 55.3 Å². The smallest absolute Gasteiger partial charge is 0.123 e. The molecule has 0 amide bonds. The second-order valence-corrected chi connectivity index (χ2v) is 7.30. The molecule has 0 radical (unpaired) electrons. The highest BCUT2D eigenvalue weighted by Gasteiger charge is 2.26. The highest BCUT2D eigenvalue weighted by molar-refractivity contribution is 5.83. The first-order valence-electron chi connectivity index (χ1n) is 9.35. The molecule has 3 nitrogen and oxygen atoms in total. The van der Waals surface area contributed by atoms with Gasteiger partial charge in [-0.1, -0.05) is 24.6 Å². The minimum Gasteiger partial charge on any atom is -0.361 e. The van der Waals surface area contributed by atoms with Crippen molar-refractivity contribution in [2.75, 3.05) is 6.54 Å². The van der Waals surface area contributed by atoms with Crippen LogP contribution in [0.5, 0.6) is 0 Å². The van der Waals surface area contributed by atoms with E-state index in [-0.39, 0.29) is 5.82 Å². The van der Waals surface area contributed by atoms with Crippen molar-refractivity contribution in [3.8, 4) is 0 Å². The number of H-pyrrole nitrogens is 2. The van der Waals surface area contributed by atoms with E-state index < -0.39 is 0 Å². The number of aromatic nitrogens is 2. The van der Waals surface area contributed by atoms with Crippen molar-refractivity contribution in [2.45, 2.75) is 31.8 Å². The first-order valence-corrected chi connectivity index (χ1v) is 9.35. The van der Waals surface area contributed by atoms with E-state index in [1.54, 1.807) is 6.07 Å². The van der Waals surface area contributed by atoms with Gasteiger partial charge in [0.2, 0.25) is 0 Å².